The van der Waals surface area contributed by atoms with Crippen LogP contribution in [0.4, 0.5) is 0 Å². The number of aliphatic carboxylic acids is 1. The molecule has 2 rings (SSSR count). The molecule has 92 valence electrons. The fraction of sp³-hybridized carbons (Fsp3) is 0.400. The van der Waals surface area contributed by atoms with Crippen molar-refractivity contribution in [3.8, 4) is 0 Å². The Labute approximate surface area is 101 Å². The summed E-state index contributed by atoms with van der Waals surface area (Å²) in [5.41, 5.74) is 0.104. The Kier molecular flexibility index (Phi) is 3.08. The number of likely N-dealkylation sites (tertiary alicyclic amines) is 1. The molecule has 1 saturated heterocycles. The highest BCUT2D eigenvalue weighted by Crippen LogP contribution is 2.24. The zero-order chi connectivity index (χ0) is 12.6. The van der Waals surface area contributed by atoms with Crippen molar-refractivity contribution >= 4 is 23.5 Å². The smallest absolute Gasteiger partial charge is 0.326 e. The van der Waals surface area contributed by atoms with Crippen molar-refractivity contribution in [3.63, 3.8) is 0 Å². The van der Waals surface area contributed by atoms with Gasteiger partial charge in [-0.1, -0.05) is 0 Å². The van der Waals surface area contributed by atoms with Crippen LogP contribution in [0.2, 0.25) is 5.22 Å². The van der Waals surface area contributed by atoms with Gasteiger partial charge in [-0.3, -0.25) is 4.79 Å². The molecule has 2 heterocycles. The number of carboxylic acids is 1. The molecule has 1 aromatic heterocycles. The van der Waals surface area contributed by atoms with Crippen molar-refractivity contribution in [2.45, 2.75) is 18.6 Å². The van der Waals surface area contributed by atoms with Gasteiger partial charge in [-0.05, 0) is 17.7 Å². The molecule has 0 saturated carbocycles. The van der Waals surface area contributed by atoms with Crippen LogP contribution in [0.5, 0.6) is 0 Å². The first-order valence-corrected chi connectivity index (χ1v) is 5.33. The molecule has 6 nitrogen and oxygen atoms in total. The Morgan fingerprint density at radius 3 is 2.76 bits per heavy atom. The fourth-order valence-electron chi connectivity index (χ4n) is 1.87. The van der Waals surface area contributed by atoms with E-state index in [1.54, 1.807) is 0 Å². The third-order valence-corrected chi connectivity index (χ3v) is 2.97. The van der Waals surface area contributed by atoms with Crippen LogP contribution in [0.1, 0.15) is 16.8 Å². The molecule has 0 radical (unpaired) electrons. The van der Waals surface area contributed by atoms with Crippen LogP contribution in [0.15, 0.2) is 16.7 Å². The number of aliphatic hydroxyl groups is 1. The minimum Gasteiger partial charge on any atom is -0.480 e. The second-order valence-electron chi connectivity index (χ2n) is 3.81. The van der Waals surface area contributed by atoms with E-state index in [0.29, 0.717) is 0 Å². The van der Waals surface area contributed by atoms with Gasteiger partial charge in [0.1, 0.15) is 6.04 Å². The lowest BCUT2D eigenvalue weighted by atomic mass is 10.2. The summed E-state index contributed by atoms with van der Waals surface area (Å²) in [6.07, 6.45) is 0.444. The van der Waals surface area contributed by atoms with E-state index >= 15 is 0 Å². The zero-order valence-electron chi connectivity index (χ0n) is 8.67. The summed E-state index contributed by atoms with van der Waals surface area (Å²) in [5, 5.41) is 18.3. The Hall–Kier alpha value is -1.53. The number of carbonyl (C=O) groups is 2. The summed E-state index contributed by atoms with van der Waals surface area (Å²) in [7, 11) is 0. The number of β-amino-alcohol motifs (C(OH)–C–C–N with tert-alkyl or cyclic N) is 1. The van der Waals surface area contributed by atoms with E-state index in [9.17, 15) is 14.7 Å². The second kappa shape index (κ2) is 4.38. The summed E-state index contributed by atoms with van der Waals surface area (Å²) in [6, 6.07) is 0.345. The number of carboxylic acid groups (broad SMARTS) is 1. The van der Waals surface area contributed by atoms with E-state index < -0.39 is 24.0 Å². The average Bonchev–Trinajstić information content (AvgIpc) is 2.83. The molecule has 1 aliphatic rings. The monoisotopic (exact) mass is 259 g/mol. The number of hydrogen-bond donors (Lipinski definition) is 2. The highest BCUT2D eigenvalue weighted by Gasteiger charge is 2.40. The van der Waals surface area contributed by atoms with Crippen molar-refractivity contribution in [2.75, 3.05) is 6.54 Å². The molecule has 1 aliphatic heterocycles. The summed E-state index contributed by atoms with van der Waals surface area (Å²) in [5.74, 6) is -1.69. The fourth-order valence-corrected chi connectivity index (χ4v) is 2.07. The van der Waals surface area contributed by atoms with Crippen LogP contribution in [-0.2, 0) is 4.79 Å². The molecule has 0 bridgehead atoms. The van der Waals surface area contributed by atoms with Crippen molar-refractivity contribution in [1.29, 1.82) is 0 Å². The Morgan fingerprint density at radius 2 is 2.24 bits per heavy atom. The number of rotatable bonds is 2. The Morgan fingerprint density at radius 1 is 1.53 bits per heavy atom. The van der Waals surface area contributed by atoms with E-state index in [2.05, 4.69) is 0 Å². The van der Waals surface area contributed by atoms with Gasteiger partial charge in [-0.2, -0.15) is 0 Å². The van der Waals surface area contributed by atoms with Crippen LogP contribution < -0.4 is 0 Å². The Balaban J connectivity index is 2.25. The quantitative estimate of drug-likeness (QED) is 0.811. The van der Waals surface area contributed by atoms with Crippen molar-refractivity contribution in [2.24, 2.45) is 0 Å². The molecule has 7 heteroatoms. The number of amides is 1. The molecule has 17 heavy (non-hydrogen) atoms. The molecular weight excluding hydrogens is 250 g/mol. The third kappa shape index (κ3) is 2.13. The first-order chi connectivity index (χ1) is 8.00. The van der Waals surface area contributed by atoms with Crippen LogP contribution in [-0.4, -0.2) is 45.7 Å². The lowest BCUT2D eigenvalue weighted by molar-refractivity contribution is -0.141. The van der Waals surface area contributed by atoms with Crippen molar-refractivity contribution in [3.05, 3.63) is 23.1 Å². The van der Waals surface area contributed by atoms with Crippen LogP contribution in [0.3, 0.4) is 0 Å². The van der Waals surface area contributed by atoms with Crippen LogP contribution >= 0.6 is 11.6 Å². The van der Waals surface area contributed by atoms with E-state index in [1.807, 2.05) is 0 Å². The van der Waals surface area contributed by atoms with Gasteiger partial charge in [0.25, 0.3) is 5.91 Å². The second-order valence-corrected chi connectivity index (χ2v) is 4.15. The molecule has 0 aromatic carbocycles. The number of aliphatic hydroxyl groups excluding tert-OH is 1. The average molecular weight is 260 g/mol. The minimum absolute atomic E-state index is 0.0166. The molecule has 2 N–H and O–H groups in total. The molecule has 2 atom stereocenters. The topological polar surface area (TPSA) is 91.0 Å². The SMILES string of the molecule is O=C(O)[C@H]1C[C@@H](O)CN1C(=O)c1ccoc1Cl. The Bertz CT molecular complexity index is 457. The lowest BCUT2D eigenvalue weighted by Crippen LogP contribution is -2.40. The van der Waals surface area contributed by atoms with E-state index in [1.165, 1.54) is 12.3 Å². The maximum Gasteiger partial charge on any atom is 0.326 e. The van der Waals surface area contributed by atoms with E-state index in [-0.39, 0.29) is 23.7 Å². The predicted octanol–water partition coefficient (Wildman–Crippen LogP) is 0.593. The number of nitrogens with zero attached hydrogens (tertiary/aromatic N) is 1. The molecule has 1 amide bonds. The highest BCUT2D eigenvalue weighted by atomic mass is 35.5. The van der Waals surface area contributed by atoms with Crippen molar-refractivity contribution < 1.29 is 24.2 Å². The van der Waals surface area contributed by atoms with E-state index in [0.717, 1.165) is 4.90 Å². The zero-order valence-corrected chi connectivity index (χ0v) is 9.42. The van der Waals surface area contributed by atoms with Gasteiger partial charge in [0.2, 0.25) is 5.22 Å². The summed E-state index contributed by atoms with van der Waals surface area (Å²) in [4.78, 5) is 24.0. The largest absolute Gasteiger partial charge is 0.480 e. The minimum atomic E-state index is -1.14. The summed E-state index contributed by atoms with van der Waals surface area (Å²) in [6.45, 7) is -0.0166. The standard InChI is InChI=1S/C10H10ClNO5/c11-8-6(1-2-17-8)9(14)12-4-5(13)3-7(12)10(15)16/h1-2,5,7,13H,3-4H2,(H,15,16)/t5-,7-/m1/s1. The van der Waals surface area contributed by atoms with Gasteiger partial charge >= 0.3 is 5.97 Å². The first-order valence-electron chi connectivity index (χ1n) is 4.95. The first kappa shape index (κ1) is 11.9. The predicted molar refractivity (Wildman–Crippen MR) is 56.8 cm³/mol. The normalized spacial score (nSPS) is 24.0. The lowest BCUT2D eigenvalue weighted by Gasteiger charge is -2.20. The third-order valence-electron chi connectivity index (χ3n) is 2.67. The van der Waals surface area contributed by atoms with Gasteiger partial charge < -0.3 is 19.5 Å². The van der Waals surface area contributed by atoms with Crippen LogP contribution in [0.25, 0.3) is 0 Å². The molecular formula is C10H10ClNO5. The van der Waals surface area contributed by atoms with Gasteiger partial charge in [-0.25, -0.2) is 4.79 Å². The van der Waals surface area contributed by atoms with Gasteiger partial charge in [-0.15, -0.1) is 0 Å². The maximum absolute atomic E-state index is 12.0. The number of carbonyl (C=O) groups excluding carboxylic acids is 1. The maximum atomic E-state index is 12.0. The molecule has 0 spiro atoms. The number of halogens is 1. The van der Waals surface area contributed by atoms with Gasteiger partial charge in [0.05, 0.1) is 17.9 Å². The number of furan rings is 1. The molecule has 1 fully saturated rings. The van der Waals surface area contributed by atoms with E-state index in [4.69, 9.17) is 21.1 Å². The van der Waals surface area contributed by atoms with Crippen LogP contribution in [0, 0.1) is 0 Å². The summed E-state index contributed by atoms with van der Waals surface area (Å²) >= 11 is 5.65. The molecule has 1 aromatic rings. The molecule has 0 aliphatic carbocycles. The number of hydrogen-bond acceptors (Lipinski definition) is 4. The van der Waals surface area contributed by atoms with Gasteiger partial charge in [0.15, 0.2) is 0 Å². The van der Waals surface area contributed by atoms with Crippen molar-refractivity contribution in [1.82, 2.24) is 4.90 Å². The molecule has 0 unspecified atom stereocenters. The van der Waals surface area contributed by atoms with Gasteiger partial charge in [0, 0.05) is 13.0 Å². The highest BCUT2D eigenvalue weighted by molar-refractivity contribution is 6.32. The summed E-state index contributed by atoms with van der Waals surface area (Å²) < 4.78 is 4.78.